The zero-order valence-corrected chi connectivity index (χ0v) is 19.5. The molecular weight excluding hydrogens is 495 g/mol. The first-order valence-corrected chi connectivity index (χ1v) is 13.9. The van der Waals surface area contributed by atoms with Gasteiger partial charge in [0.15, 0.2) is 0 Å². The van der Waals surface area contributed by atoms with Crippen molar-refractivity contribution in [3.8, 4) is 0 Å². The van der Waals surface area contributed by atoms with E-state index in [9.17, 15) is 9.59 Å². The van der Waals surface area contributed by atoms with Gasteiger partial charge in [-0.15, -0.1) is 0 Å². The van der Waals surface area contributed by atoms with Crippen molar-refractivity contribution in [2.24, 2.45) is 0 Å². The van der Waals surface area contributed by atoms with Crippen LogP contribution in [-0.2, 0) is 0 Å². The fourth-order valence-electron chi connectivity index (χ4n) is 3.17. The summed E-state index contributed by atoms with van der Waals surface area (Å²) in [6.45, 7) is 0. The Morgan fingerprint density at radius 2 is 0.710 bits per heavy atom. The average Bonchev–Trinajstić information content (AvgIpc) is 2.82. The standard InChI is InChI=1S/C8H6O4.3C6H5.Sn/c9-7(10)5-3-1-2-4-6(5)8(11)12;3*1-2-4-6-5-3-1;/h1-4H,(H,9,10)(H,11,12);3*1-5H;. The molecule has 5 heteroatoms. The van der Waals surface area contributed by atoms with Crippen LogP contribution >= 0.6 is 0 Å². The Labute approximate surface area is 188 Å². The van der Waals surface area contributed by atoms with Crippen LogP contribution in [0.2, 0.25) is 0 Å². The Balaban J connectivity index is 0.000000196. The van der Waals surface area contributed by atoms with Gasteiger partial charge < -0.3 is 10.2 Å². The number of rotatable bonds is 5. The van der Waals surface area contributed by atoms with E-state index in [0.29, 0.717) is 0 Å². The molecule has 153 valence electrons. The molecule has 2 N–H and O–H groups in total. The van der Waals surface area contributed by atoms with Crippen LogP contribution in [0, 0.1) is 0 Å². The van der Waals surface area contributed by atoms with Crippen molar-refractivity contribution in [2.45, 2.75) is 0 Å². The summed E-state index contributed by atoms with van der Waals surface area (Å²) < 4.78 is 4.59. The van der Waals surface area contributed by atoms with E-state index >= 15 is 0 Å². The van der Waals surface area contributed by atoms with Gasteiger partial charge >= 0.3 is 133 Å². The van der Waals surface area contributed by atoms with Crippen molar-refractivity contribution < 1.29 is 19.8 Å². The van der Waals surface area contributed by atoms with Crippen LogP contribution in [0.4, 0.5) is 0 Å². The second kappa shape index (κ2) is 11.1. The van der Waals surface area contributed by atoms with Crippen molar-refractivity contribution in [3.63, 3.8) is 0 Å². The Morgan fingerprint density at radius 3 is 0.968 bits per heavy atom. The Bertz CT molecular complexity index is 1000. The molecule has 0 heterocycles. The third kappa shape index (κ3) is 6.05. The molecular formula is C26H21O4Sn. The van der Waals surface area contributed by atoms with E-state index in [1.807, 2.05) is 0 Å². The van der Waals surface area contributed by atoms with E-state index in [4.69, 9.17) is 10.2 Å². The van der Waals surface area contributed by atoms with Crippen LogP contribution < -0.4 is 10.7 Å². The van der Waals surface area contributed by atoms with Crippen LogP contribution in [0.25, 0.3) is 0 Å². The third-order valence-electron chi connectivity index (χ3n) is 4.58. The van der Waals surface area contributed by atoms with Crippen molar-refractivity contribution >= 4 is 42.4 Å². The molecule has 0 fully saturated rings. The summed E-state index contributed by atoms with van der Waals surface area (Å²) in [5, 5.41) is 17.1. The number of hydrogen-bond donors (Lipinski definition) is 2. The van der Waals surface area contributed by atoms with Crippen molar-refractivity contribution in [2.75, 3.05) is 0 Å². The molecule has 0 aliphatic carbocycles. The third-order valence-corrected chi connectivity index (χ3v) is 12.4. The summed E-state index contributed by atoms with van der Waals surface area (Å²) in [7, 11) is 0. The van der Waals surface area contributed by atoms with Gasteiger partial charge in [-0.25, -0.2) is 9.59 Å². The zero-order chi connectivity index (χ0) is 22.1. The fraction of sp³-hybridized carbons (Fsp3) is 0. The predicted octanol–water partition coefficient (Wildman–Crippen LogP) is 3.29. The maximum absolute atomic E-state index is 10.5. The van der Waals surface area contributed by atoms with Crippen LogP contribution in [0.1, 0.15) is 20.7 Å². The molecule has 4 nitrogen and oxygen atoms in total. The molecule has 1 radical (unpaired) electrons. The summed E-state index contributed by atoms with van der Waals surface area (Å²) in [6.07, 6.45) is 0. The number of aromatic carboxylic acids is 2. The first kappa shape index (κ1) is 22.3. The molecule has 0 saturated heterocycles. The quantitative estimate of drug-likeness (QED) is 0.400. The summed E-state index contributed by atoms with van der Waals surface area (Å²) >= 11 is -1.98. The molecule has 0 amide bonds. The summed E-state index contributed by atoms with van der Waals surface area (Å²) in [5.41, 5.74) is -0.380. The molecule has 0 aromatic heterocycles. The average molecular weight is 516 g/mol. The minimum atomic E-state index is -1.98. The normalized spacial score (nSPS) is 10.1. The zero-order valence-electron chi connectivity index (χ0n) is 16.7. The molecule has 0 unspecified atom stereocenters. The number of carboxylic acid groups (broad SMARTS) is 2. The molecule has 0 aliphatic rings. The van der Waals surface area contributed by atoms with Crippen LogP contribution in [0.3, 0.4) is 0 Å². The second-order valence-corrected chi connectivity index (χ2v) is 13.7. The van der Waals surface area contributed by atoms with E-state index in [1.165, 1.54) is 35.0 Å². The molecule has 0 spiro atoms. The van der Waals surface area contributed by atoms with Gasteiger partial charge in [-0.05, 0) is 12.1 Å². The molecule has 4 rings (SSSR count). The van der Waals surface area contributed by atoms with Gasteiger partial charge in [0.2, 0.25) is 0 Å². The van der Waals surface area contributed by atoms with E-state index in [2.05, 4.69) is 91.0 Å². The minimum absolute atomic E-state index is 0.190. The maximum atomic E-state index is 10.5. The Morgan fingerprint density at radius 1 is 0.452 bits per heavy atom. The van der Waals surface area contributed by atoms with Crippen LogP contribution in [-0.4, -0.2) is 41.9 Å². The molecule has 0 saturated carbocycles. The first-order valence-electron chi connectivity index (χ1n) is 9.66. The number of benzene rings is 4. The van der Waals surface area contributed by atoms with Gasteiger partial charge in [-0.1, -0.05) is 12.1 Å². The van der Waals surface area contributed by atoms with E-state index in [-0.39, 0.29) is 11.1 Å². The van der Waals surface area contributed by atoms with Gasteiger partial charge in [-0.2, -0.15) is 0 Å². The van der Waals surface area contributed by atoms with Crippen LogP contribution in [0.15, 0.2) is 115 Å². The molecule has 0 bridgehead atoms. The van der Waals surface area contributed by atoms with E-state index in [1.54, 1.807) is 0 Å². The molecule has 31 heavy (non-hydrogen) atoms. The summed E-state index contributed by atoms with van der Waals surface area (Å²) in [4.78, 5) is 20.9. The summed E-state index contributed by atoms with van der Waals surface area (Å²) in [6, 6.07) is 38.4. The van der Waals surface area contributed by atoms with Gasteiger partial charge in [-0.3, -0.25) is 0 Å². The summed E-state index contributed by atoms with van der Waals surface area (Å²) in [5.74, 6) is -2.46. The molecule has 0 aliphatic heterocycles. The monoisotopic (exact) mass is 517 g/mol. The topological polar surface area (TPSA) is 74.6 Å². The number of carboxylic acids is 2. The molecule has 0 atom stereocenters. The van der Waals surface area contributed by atoms with Gasteiger partial charge in [0.1, 0.15) is 0 Å². The number of carbonyl (C=O) groups is 2. The first-order chi connectivity index (χ1) is 15.1. The SMILES string of the molecule is O=C(O)c1ccccc1C(=O)O.c1cc[c]([Sn]([c]2ccccc2)[c]2ccccc2)cc1. The van der Waals surface area contributed by atoms with Gasteiger partial charge in [0, 0.05) is 0 Å². The van der Waals surface area contributed by atoms with Crippen LogP contribution in [0.5, 0.6) is 0 Å². The second-order valence-electron chi connectivity index (χ2n) is 6.63. The van der Waals surface area contributed by atoms with Crippen molar-refractivity contribution in [1.82, 2.24) is 0 Å². The fourth-order valence-corrected chi connectivity index (χ4v) is 10.5. The predicted molar refractivity (Wildman–Crippen MR) is 124 cm³/mol. The van der Waals surface area contributed by atoms with E-state index < -0.39 is 31.7 Å². The van der Waals surface area contributed by atoms with E-state index in [0.717, 1.165) is 0 Å². The molecule has 4 aromatic carbocycles. The van der Waals surface area contributed by atoms with Gasteiger partial charge in [0.25, 0.3) is 0 Å². The van der Waals surface area contributed by atoms with Gasteiger partial charge in [0.05, 0.1) is 11.1 Å². The van der Waals surface area contributed by atoms with Crippen molar-refractivity contribution in [3.05, 3.63) is 126 Å². The Kier molecular flexibility index (Phi) is 8.01. The molecule has 4 aromatic rings. The van der Waals surface area contributed by atoms with Crippen molar-refractivity contribution in [1.29, 1.82) is 0 Å². The Hall–Kier alpha value is -3.38. The number of hydrogen-bond acceptors (Lipinski definition) is 2.